The molecule has 1 saturated heterocycles. The number of anilines is 1. The van der Waals surface area contributed by atoms with Gasteiger partial charge in [0.05, 0.1) is 0 Å². The molecule has 3 heterocycles. The van der Waals surface area contributed by atoms with E-state index >= 15 is 0 Å². The maximum absolute atomic E-state index is 13.2. The van der Waals surface area contributed by atoms with Crippen molar-refractivity contribution in [3.05, 3.63) is 54.1 Å². The lowest BCUT2D eigenvalue weighted by atomic mass is 10.2. The Labute approximate surface area is 133 Å². The number of benzene rings is 1. The minimum Gasteiger partial charge on any atom is -0.356 e. The summed E-state index contributed by atoms with van der Waals surface area (Å²) in [5.74, 6) is 0.721. The van der Waals surface area contributed by atoms with Crippen molar-refractivity contribution >= 4 is 16.8 Å². The third kappa shape index (κ3) is 2.90. The normalized spacial score (nSPS) is 16.1. The number of hydrogen-bond donors (Lipinski definition) is 0. The molecule has 0 amide bonds. The highest BCUT2D eigenvalue weighted by Gasteiger charge is 2.20. The average Bonchev–Trinajstić information content (AvgIpc) is 2.98. The Bertz CT molecular complexity index is 797. The third-order valence-corrected chi connectivity index (χ3v) is 4.23. The van der Waals surface area contributed by atoms with Crippen molar-refractivity contribution in [2.24, 2.45) is 0 Å². The molecule has 5 nitrogen and oxygen atoms in total. The van der Waals surface area contributed by atoms with Crippen molar-refractivity contribution in [2.45, 2.75) is 6.54 Å². The second-order valence-electron chi connectivity index (χ2n) is 5.72. The molecule has 1 aliphatic rings. The molecule has 4 rings (SSSR count). The van der Waals surface area contributed by atoms with E-state index in [1.54, 1.807) is 6.07 Å². The first kappa shape index (κ1) is 14.1. The molecule has 0 aliphatic carbocycles. The number of fused-ring (bicyclic) bond motifs is 1. The van der Waals surface area contributed by atoms with Gasteiger partial charge in [-0.25, -0.2) is 9.37 Å². The number of pyridine rings is 1. The molecule has 0 spiro atoms. The van der Waals surface area contributed by atoms with Gasteiger partial charge in [-0.3, -0.25) is 4.90 Å². The molecule has 1 fully saturated rings. The van der Waals surface area contributed by atoms with Gasteiger partial charge < -0.3 is 9.42 Å². The summed E-state index contributed by atoms with van der Waals surface area (Å²) in [4.78, 5) is 9.01. The van der Waals surface area contributed by atoms with Crippen LogP contribution in [0.5, 0.6) is 0 Å². The maximum Gasteiger partial charge on any atom is 0.170 e. The number of halogens is 1. The number of hydrogen-bond acceptors (Lipinski definition) is 5. The van der Waals surface area contributed by atoms with Gasteiger partial charge in [0, 0.05) is 50.4 Å². The molecule has 0 N–H and O–H groups in total. The lowest BCUT2D eigenvalue weighted by Crippen LogP contribution is -2.46. The molecular weight excluding hydrogens is 295 g/mol. The van der Waals surface area contributed by atoms with Gasteiger partial charge in [-0.2, -0.15) is 0 Å². The molecule has 118 valence electrons. The van der Waals surface area contributed by atoms with E-state index < -0.39 is 0 Å². The predicted molar refractivity (Wildman–Crippen MR) is 85.7 cm³/mol. The van der Waals surface area contributed by atoms with Crippen molar-refractivity contribution in [3.63, 3.8) is 0 Å². The number of rotatable bonds is 3. The number of piperazine rings is 1. The second-order valence-corrected chi connectivity index (χ2v) is 5.72. The zero-order chi connectivity index (χ0) is 15.6. The Kier molecular flexibility index (Phi) is 3.67. The average molecular weight is 312 g/mol. The fraction of sp³-hybridized carbons (Fsp3) is 0.294. The number of aromatic nitrogens is 2. The minimum absolute atomic E-state index is 0.302. The highest BCUT2D eigenvalue weighted by Crippen LogP contribution is 2.21. The van der Waals surface area contributed by atoms with Crippen LogP contribution in [-0.4, -0.2) is 41.2 Å². The summed E-state index contributed by atoms with van der Waals surface area (Å²) in [5, 5.41) is 4.99. The van der Waals surface area contributed by atoms with E-state index in [-0.39, 0.29) is 5.82 Å². The van der Waals surface area contributed by atoms with E-state index in [2.05, 4.69) is 19.9 Å². The van der Waals surface area contributed by atoms with E-state index in [0.717, 1.165) is 43.1 Å². The predicted octanol–water partition coefficient (Wildman–Crippen LogP) is 2.68. The van der Waals surface area contributed by atoms with Crippen LogP contribution in [-0.2, 0) is 6.54 Å². The summed E-state index contributed by atoms with van der Waals surface area (Å²) in [7, 11) is 0. The van der Waals surface area contributed by atoms with E-state index in [1.165, 1.54) is 12.1 Å². The summed E-state index contributed by atoms with van der Waals surface area (Å²) >= 11 is 0. The molecule has 0 radical (unpaired) electrons. The van der Waals surface area contributed by atoms with E-state index in [1.807, 2.05) is 24.4 Å². The molecule has 23 heavy (non-hydrogen) atoms. The van der Waals surface area contributed by atoms with Gasteiger partial charge in [0.25, 0.3) is 0 Å². The van der Waals surface area contributed by atoms with Crippen LogP contribution in [0.4, 0.5) is 10.2 Å². The Morgan fingerprint density at radius 2 is 1.96 bits per heavy atom. The van der Waals surface area contributed by atoms with Crippen molar-refractivity contribution in [2.75, 3.05) is 31.1 Å². The third-order valence-electron chi connectivity index (χ3n) is 4.23. The molecular formula is C17H17FN4O. The molecule has 0 bridgehead atoms. The van der Waals surface area contributed by atoms with Gasteiger partial charge in [0.1, 0.15) is 17.3 Å². The lowest BCUT2D eigenvalue weighted by Gasteiger charge is -2.34. The van der Waals surface area contributed by atoms with Crippen LogP contribution in [0.2, 0.25) is 0 Å². The molecule has 0 saturated carbocycles. The molecule has 2 aromatic heterocycles. The number of nitrogens with zero attached hydrogens (tertiary/aromatic N) is 4. The van der Waals surface area contributed by atoms with Crippen molar-refractivity contribution in [1.29, 1.82) is 0 Å². The van der Waals surface area contributed by atoms with Crippen molar-refractivity contribution < 1.29 is 8.91 Å². The molecule has 3 aromatic rings. The summed E-state index contributed by atoms with van der Waals surface area (Å²) in [5.41, 5.74) is 1.37. The van der Waals surface area contributed by atoms with Crippen molar-refractivity contribution in [1.82, 2.24) is 15.0 Å². The topological polar surface area (TPSA) is 45.4 Å². The van der Waals surface area contributed by atoms with E-state index in [0.29, 0.717) is 12.1 Å². The second kappa shape index (κ2) is 5.96. The summed E-state index contributed by atoms with van der Waals surface area (Å²) in [6.45, 7) is 4.45. The quantitative estimate of drug-likeness (QED) is 0.744. The van der Waals surface area contributed by atoms with Crippen LogP contribution in [0.1, 0.15) is 5.69 Å². The fourth-order valence-corrected chi connectivity index (χ4v) is 2.97. The molecule has 0 atom stereocenters. The Morgan fingerprint density at radius 1 is 1.09 bits per heavy atom. The summed E-state index contributed by atoms with van der Waals surface area (Å²) in [6.07, 6.45) is 1.82. The van der Waals surface area contributed by atoms with Gasteiger partial charge in [0.15, 0.2) is 5.58 Å². The van der Waals surface area contributed by atoms with Gasteiger partial charge in [-0.05, 0) is 24.3 Å². The van der Waals surface area contributed by atoms with Gasteiger partial charge >= 0.3 is 0 Å². The summed E-state index contributed by atoms with van der Waals surface area (Å²) in [6, 6.07) is 10.5. The van der Waals surface area contributed by atoms with Crippen LogP contribution in [0.15, 0.2) is 47.1 Å². The van der Waals surface area contributed by atoms with Crippen LogP contribution in [0, 0.1) is 5.82 Å². The molecule has 1 aromatic carbocycles. The zero-order valence-electron chi connectivity index (χ0n) is 12.7. The van der Waals surface area contributed by atoms with Crippen molar-refractivity contribution in [3.8, 4) is 0 Å². The first-order valence-corrected chi connectivity index (χ1v) is 7.72. The maximum atomic E-state index is 13.2. The van der Waals surface area contributed by atoms with Crippen LogP contribution < -0.4 is 4.90 Å². The standard InChI is InChI=1S/C17H17FN4O/c18-13-4-5-14-15(20-23-16(14)11-13)12-21-7-9-22(10-8-21)17-3-1-2-6-19-17/h1-6,11H,7-10,12H2. The SMILES string of the molecule is Fc1ccc2c(CN3CCN(c4ccccn4)CC3)noc2c1. The Morgan fingerprint density at radius 3 is 2.74 bits per heavy atom. The first-order chi connectivity index (χ1) is 11.3. The highest BCUT2D eigenvalue weighted by atomic mass is 19.1. The largest absolute Gasteiger partial charge is 0.356 e. The minimum atomic E-state index is -0.302. The van der Waals surface area contributed by atoms with E-state index in [4.69, 9.17) is 4.52 Å². The van der Waals surface area contributed by atoms with E-state index in [9.17, 15) is 4.39 Å². The molecule has 6 heteroatoms. The smallest absolute Gasteiger partial charge is 0.170 e. The molecule has 0 unspecified atom stereocenters. The summed E-state index contributed by atoms with van der Waals surface area (Å²) < 4.78 is 18.4. The fourth-order valence-electron chi connectivity index (χ4n) is 2.97. The Balaban J connectivity index is 1.43. The first-order valence-electron chi connectivity index (χ1n) is 7.72. The Hall–Kier alpha value is -2.47. The monoisotopic (exact) mass is 312 g/mol. The zero-order valence-corrected chi connectivity index (χ0v) is 12.7. The lowest BCUT2D eigenvalue weighted by molar-refractivity contribution is 0.243. The highest BCUT2D eigenvalue weighted by molar-refractivity contribution is 5.79. The van der Waals surface area contributed by atoms with Crippen LogP contribution in [0.3, 0.4) is 0 Å². The van der Waals surface area contributed by atoms with Gasteiger partial charge in [-0.1, -0.05) is 11.2 Å². The van der Waals surface area contributed by atoms with Crippen LogP contribution >= 0.6 is 0 Å². The van der Waals surface area contributed by atoms with Gasteiger partial charge in [-0.15, -0.1) is 0 Å². The van der Waals surface area contributed by atoms with Gasteiger partial charge in [0.2, 0.25) is 0 Å². The molecule has 1 aliphatic heterocycles. The van der Waals surface area contributed by atoms with Crippen LogP contribution in [0.25, 0.3) is 11.0 Å².